The molecule has 0 fully saturated rings. The molecule has 0 radical (unpaired) electrons. The summed E-state index contributed by atoms with van der Waals surface area (Å²) in [6, 6.07) is 31.7. The zero-order valence-electron chi connectivity index (χ0n) is 15.7. The zero-order chi connectivity index (χ0) is 19.5. The summed E-state index contributed by atoms with van der Waals surface area (Å²) in [5.74, 6) is 0.859. The quantitative estimate of drug-likeness (QED) is 0.428. The van der Waals surface area contributed by atoms with E-state index in [-0.39, 0.29) is 11.5 Å². The second-order valence-electron chi connectivity index (χ2n) is 7.06. The lowest BCUT2D eigenvalue weighted by atomic mass is 9.90. The summed E-state index contributed by atoms with van der Waals surface area (Å²) in [5, 5.41) is 18.9. The maximum Gasteiger partial charge on any atom is 0.115 e. The number of rotatable bonds is 4. The first-order chi connectivity index (χ1) is 13.6. The molecule has 0 aliphatic rings. The van der Waals surface area contributed by atoms with Gasteiger partial charge in [-0.15, -0.1) is 0 Å². The smallest absolute Gasteiger partial charge is 0.115 e. The monoisotopic (exact) mass is 366 g/mol. The molecule has 4 rings (SSSR count). The van der Waals surface area contributed by atoms with Crippen LogP contribution in [0.4, 0.5) is 0 Å². The molecule has 0 bridgehead atoms. The van der Waals surface area contributed by atoms with Crippen molar-refractivity contribution in [2.45, 2.75) is 12.8 Å². The average Bonchev–Trinajstić information content (AvgIpc) is 2.75. The molecular formula is C26H22O2. The van der Waals surface area contributed by atoms with Crippen LogP contribution in [0.1, 0.15) is 24.0 Å². The van der Waals surface area contributed by atoms with Crippen LogP contribution in [-0.2, 0) is 0 Å². The molecule has 0 heterocycles. The van der Waals surface area contributed by atoms with Crippen LogP contribution in [0.25, 0.3) is 22.3 Å². The van der Waals surface area contributed by atoms with Gasteiger partial charge in [-0.05, 0) is 57.6 Å². The van der Waals surface area contributed by atoms with Gasteiger partial charge >= 0.3 is 0 Å². The van der Waals surface area contributed by atoms with Crippen molar-refractivity contribution in [2.75, 3.05) is 0 Å². The van der Waals surface area contributed by atoms with E-state index in [4.69, 9.17) is 0 Å². The summed E-state index contributed by atoms with van der Waals surface area (Å²) in [6.45, 7) is 2.21. The van der Waals surface area contributed by atoms with Crippen molar-refractivity contribution in [1.82, 2.24) is 0 Å². The lowest BCUT2D eigenvalue weighted by Gasteiger charge is -2.14. The Bertz CT molecular complexity index is 956. The molecule has 0 unspecified atom stereocenters. The van der Waals surface area contributed by atoms with Gasteiger partial charge in [0.25, 0.3) is 0 Å². The summed E-state index contributed by atoms with van der Waals surface area (Å²) in [6.07, 6.45) is 0. The van der Waals surface area contributed by atoms with Crippen molar-refractivity contribution >= 4 is 0 Å². The molecule has 4 aromatic carbocycles. The number of phenols is 2. The van der Waals surface area contributed by atoms with Crippen LogP contribution in [-0.4, -0.2) is 10.2 Å². The van der Waals surface area contributed by atoms with Gasteiger partial charge in [0.1, 0.15) is 11.5 Å². The Kier molecular flexibility index (Phi) is 4.86. The Balaban J connectivity index is 1.53. The largest absolute Gasteiger partial charge is 0.508 e. The molecule has 0 atom stereocenters. The fraction of sp³-hybridized carbons (Fsp3) is 0.0769. The normalized spacial score (nSPS) is 10.9. The van der Waals surface area contributed by atoms with Gasteiger partial charge in [-0.25, -0.2) is 0 Å². The third-order valence-corrected chi connectivity index (χ3v) is 5.22. The molecule has 0 amide bonds. The van der Waals surface area contributed by atoms with E-state index in [0.29, 0.717) is 5.92 Å². The third-order valence-electron chi connectivity index (χ3n) is 5.22. The van der Waals surface area contributed by atoms with Gasteiger partial charge in [-0.2, -0.15) is 0 Å². The van der Waals surface area contributed by atoms with Crippen molar-refractivity contribution in [3.8, 4) is 33.8 Å². The summed E-state index contributed by atoms with van der Waals surface area (Å²) in [7, 11) is 0. The van der Waals surface area contributed by atoms with Gasteiger partial charge in [0.05, 0.1) is 0 Å². The fourth-order valence-electron chi connectivity index (χ4n) is 3.43. The van der Waals surface area contributed by atoms with Gasteiger partial charge in [0.15, 0.2) is 0 Å². The van der Waals surface area contributed by atoms with E-state index in [1.807, 2.05) is 24.3 Å². The minimum absolute atomic E-state index is 0.282. The van der Waals surface area contributed by atoms with E-state index in [2.05, 4.69) is 55.5 Å². The Hall–Kier alpha value is -3.52. The molecule has 2 heteroatoms. The van der Waals surface area contributed by atoms with E-state index in [0.717, 1.165) is 22.3 Å². The van der Waals surface area contributed by atoms with Gasteiger partial charge < -0.3 is 10.2 Å². The molecule has 0 saturated carbocycles. The molecule has 2 N–H and O–H groups in total. The second kappa shape index (κ2) is 7.61. The highest BCUT2D eigenvalue weighted by Gasteiger charge is 2.09. The molecule has 2 nitrogen and oxygen atoms in total. The highest BCUT2D eigenvalue weighted by molar-refractivity contribution is 5.66. The van der Waals surface area contributed by atoms with Crippen LogP contribution in [0, 0.1) is 0 Å². The standard InChI is InChI=1S/C26H22O2/c1-18(19-2-6-21(7-3-19)23-10-14-25(27)15-11-23)20-4-8-22(9-5-20)24-12-16-26(28)17-13-24/h2-18,27-28H,1H3. The number of aromatic hydroxyl groups is 2. The van der Waals surface area contributed by atoms with Crippen molar-refractivity contribution in [1.29, 1.82) is 0 Å². The van der Waals surface area contributed by atoms with Gasteiger partial charge in [-0.3, -0.25) is 0 Å². The van der Waals surface area contributed by atoms with Gasteiger partial charge in [0.2, 0.25) is 0 Å². The first-order valence-corrected chi connectivity index (χ1v) is 9.39. The molecule has 0 aromatic heterocycles. The predicted molar refractivity (Wildman–Crippen MR) is 115 cm³/mol. The van der Waals surface area contributed by atoms with Gasteiger partial charge in [0, 0.05) is 5.92 Å². The highest BCUT2D eigenvalue weighted by atomic mass is 16.3. The summed E-state index contributed by atoms with van der Waals surface area (Å²) in [5.41, 5.74) is 6.99. The zero-order valence-corrected chi connectivity index (χ0v) is 15.7. The SMILES string of the molecule is CC(c1ccc(-c2ccc(O)cc2)cc1)c1ccc(-c2ccc(O)cc2)cc1. The van der Waals surface area contributed by atoms with Crippen molar-refractivity contribution < 1.29 is 10.2 Å². The van der Waals surface area contributed by atoms with Crippen LogP contribution in [0.15, 0.2) is 97.1 Å². The minimum atomic E-state index is 0.282. The molecular weight excluding hydrogens is 344 g/mol. The molecule has 0 saturated heterocycles. The first-order valence-electron chi connectivity index (χ1n) is 9.39. The summed E-state index contributed by atoms with van der Waals surface area (Å²) >= 11 is 0. The molecule has 4 aromatic rings. The summed E-state index contributed by atoms with van der Waals surface area (Å²) < 4.78 is 0. The molecule has 28 heavy (non-hydrogen) atoms. The minimum Gasteiger partial charge on any atom is -0.508 e. The van der Waals surface area contributed by atoms with Gasteiger partial charge in [-0.1, -0.05) is 79.7 Å². The lowest BCUT2D eigenvalue weighted by Crippen LogP contribution is -1.96. The van der Waals surface area contributed by atoms with Crippen molar-refractivity contribution in [3.05, 3.63) is 108 Å². The first kappa shape index (κ1) is 17.9. The number of hydrogen-bond donors (Lipinski definition) is 2. The average molecular weight is 366 g/mol. The maximum absolute atomic E-state index is 9.44. The number of hydrogen-bond acceptors (Lipinski definition) is 2. The molecule has 0 spiro atoms. The maximum atomic E-state index is 9.44. The highest BCUT2D eigenvalue weighted by Crippen LogP contribution is 2.29. The lowest BCUT2D eigenvalue weighted by molar-refractivity contribution is 0.475. The number of benzene rings is 4. The van der Waals surface area contributed by atoms with Crippen LogP contribution in [0.5, 0.6) is 11.5 Å². The van der Waals surface area contributed by atoms with Crippen LogP contribution in [0.2, 0.25) is 0 Å². The Labute approximate surface area is 165 Å². The molecule has 138 valence electrons. The van der Waals surface area contributed by atoms with E-state index >= 15 is 0 Å². The summed E-state index contributed by atoms with van der Waals surface area (Å²) in [4.78, 5) is 0. The topological polar surface area (TPSA) is 40.5 Å². The van der Waals surface area contributed by atoms with Crippen LogP contribution in [0.3, 0.4) is 0 Å². The van der Waals surface area contributed by atoms with E-state index in [1.54, 1.807) is 24.3 Å². The second-order valence-corrected chi connectivity index (χ2v) is 7.06. The molecule has 0 aliphatic carbocycles. The molecule has 0 aliphatic heterocycles. The van der Waals surface area contributed by atoms with Crippen LogP contribution < -0.4 is 0 Å². The van der Waals surface area contributed by atoms with E-state index in [1.165, 1.54) is 11.1 Å². The Morgan fingerprint density at radius 1 is 0.429 bits per heavy atom. The van der Waals surface area contributed by atoms with Crippen LogP contribution >= 0.6 is 0 Å². The van der Waals surface area contributed by atoms with Crippen molar-refractivity contribution in [3.63, 3.8) is 0 Å². The van der Waals surface area contributed by atoms with E-state index < -0.39 is 0 Å². The third kappa shape index (κ3) is 3.77. The Morgan fingerprint density at radius 2 is 0.679 bits per heavy atom. The van der Waals surface area contributed by atoms with Crippen molar-refractivity contribution in [2.24, 2.45) is 0 Å². The number of phenolic OH excluding ortho intramolecular Hbond substituents is 2. The fourth-order valence-corrected chi connectivity index (χ4v) is 3.43. The Morgan fingerprint density at radius 3 is 0.964 bits per heavy atom. The predicted octanol–water partition coefficient (Wildman–Crippen LogP) is 6.58. The van der Waals surface area contributed by atoms with E-state index in [9.17, 15) is 10.2 Å².